The van der Waals surface area contributed by atoms with Gasteiger partial charge in [0.2, 0.25) is 5.91 Å². The minimum atomic E-state index is -0.0473. The summed E-state index contributed by atoms with van der Waals surface area (Å²) >= 11 is 14.4. The number of benzene rings is 1. The first-order chi connectivity index (χ1) is 12.1. The Bertz CT molecular complexity index is 663. The summed E-state index contributed by atoms with van der Waals surface area (Å²) < 4.78 is 0. The molecule has 2 heterocycles. The normalized spacial score (nSPS) is 26.9. The number of likely N-dealkylation sites (tertiary alicyclic amines) is 1. The Morgan fingerprint density at radius 2 is 1.92 bits per heavy atom. The number of aryl methyl sites for hydroxylation is 1. The average Bonchev–Trinajstić information content (AvgIpc) is 3.25. The van der Waals surface area contributed by atoms with Crippen molar-refractivity contribution in [1.82, 2.24) is 9.80 Å². The Hall–Kier alpha value is -0.420. The van der Waals surface area contributed by atoms with E-state index in [9.17, 15) is 4.79 Å². The van der Waals surface area contributed by atoms with Gasteiger partial charge in [-0.1, -0.05) is 23.2 Å². The molecule has 2 aliphatic heterocycles. The number of fused-ring (bicyclic) bond motifs is 1. The van der Waals surface area contributed by atoms with Crippen molar-refractivity contribution in [2.24, 2.45) is 0 Å². The molecular formula is C19H24Cl2N2OS. The summed E-state index contributed by atoms with van der Waals surface area (Å²) in [6.45, 7) is 4.27. The fourth-order valence-corrected chi connectivity index (χ4v) is 5.82. The molecule has 0 spiro atoms. The molecule has 1 amide bonds. The van der Waals surface area contributed by atoms with E-state index in [0.29, 0.717) is 22.0 Å². The standard InChI is InChI=1S/C19H24Cl2N2OS/c20-17-9-13-3-4-15(16(13)10-18(17)21)19(24)23-7-8-25-12-14(23)11-22-5-1-2-6-22/h9-10,14-15H,1-8,11-12H2/t14-,15-/m1/s1. The Kier molecular flexibility index (Phi) is 5.52. The van der Waals surface area contributed by atoms with Gasteiger partial charge in [0.05, 0.1) is 22.0 Å². The lowest BCUT2D eigenvalue weighted by Crippen LogP contribution is -2.52. The second kappa shape index (κ2) is 7.67. The molecule has 0 radical (unpaired) electrons. The number of carbonyl (C=O) groups is 1. The van der Waals surface area contributed by atoms with Gasteiger partial charge in [0.15, 0.2) is 0 Å². The summed E-state index contributed by atoms with van der Waals surface area (Å²) in [5.74, 6) is 2.35. The number of nitrogens with zero attached hydrogens (tertiary/aromatic N) is 2. The highest BCUT2D eigenvalue weighted by Gasteiger charge is 2.37. The van der Waals surface area contributed by atoms with E-state index < -0.39 is 0 Å². The molecule has 0 N–H and O–H groups in total. The second-order valence-electron chi connectivity index (χ2n) is 7.32. The number of amides is 1. The lowest BCUT2D eigenvalue weighted by molar-refractivity contribution is -0.135. The number of hydrogen-bond donors (Lipinski definition) is 0. The van der Waals surface area contributed by atoms with Crippen molar-refractivity contribution in [3.05, 3.63) is 33.3 Å². The van der Waals surface area contributed by atoms with Crippen LogP contribution in [0.1, 0.15) is 36.3 Å². The topological polar surface area (TPSA) is 23.6 Å². The summed E-state index contributed by atoms with van der Waals surface area (Å²) in [5.41, 5.74) is 2.28. The van der Waals surface area contributed by atoms with E-state index in [1.807, 2.05) is 23.9 Å². The van der Waals surface area contributed by atoms with Gasteiger partial charge in [-0.2, -0.15) is 11.8 Å². The van der Waals surface area contributed by atoms with Crippen LogP contribution in [-0.2, 0) is 11.2 Å². The third-order valence-electron chi connectivity index (χ3n) is 5.74. The Balaban J connectivity index is 1.52. The van der Waals surface area contributed by atoms with Gasteiger partial charge in [-0.3, -0.25) is 4.79 Å². The summed E-state index contributed by atoms with van der Waals surface area (Å²) in [4.78, 5) is 18.1. The molecule has 0 bridgehead atoms. The number of thioether (sulfide) groups is 1. The first-order valence-corrected chi connectivity index (χ1v) is 11.1. The fourth-order valence-electron chi connectivity index (χ4n) is 4.42. The first kappa shape index (κ1) is 18.0. The van der Waals surface area contributed by atoms with Crippen LogP contribution < -0.4 is 0 Å². The molecule has 0 saturated carbocycles. The zero-order valence-corrected chi connectivity index (χ0v) is 16.7. The van der Waals surface area contributed by atoms with Gasteiger partial charge in [-0.05, 0) is 62.0 Å². The van der Waals surface area contributed by atoms with Gasteiger partial charge >= 0.3 is 0 Å². The van der Waals surface area contributed by atoms with Crippen molar-refractivity contribution in [3.63, 3.8) is 0 Å². The molecule has 3 aliphatic rings. The molecule has 3 nitrogen and oxygen atoms in total. The lowest BCUT2D eigenvalue weighted by atomic mass is 9.99. The maximum Gasteiger partial charge on any atom is 0.230 e. The van der Waals surface area contributed by atoms with Crippen LogP contribution in [0.2, 0.25) is 10.0 Å². The molecule has 1 aromatic rings. The number of rotatable bonds is 3. The van der Waals surface area contributed by atoms with Gasteiger partial charge in [-0.25, -0.2) is 0 Å². The molecule has 6 heteroatoms. The van der Waals surface area contributed by atoms with Crippen LogP contribution in [0.5, 0.6) is 0 Å². The zero-order chi connectivity index (χ0) is 17.4. The van der Waals surface area contributed by atoms with Gasteiger partial charge in [0.1, 0.15) is 0 Å². The molecule has 0 aromatic heterocycles. The first-order valence-electron chi connectivity index (χ1n) is 9.22. The predicted molar refractivity (Wildman–Crippen MR) is 106 cm³/mol. The molecular weight excluding hydrogens is 375 g/mol. The Labute approximate surface area is 164 Å². The number of hydrogen-bond acceptors (Lipinski definition) is 3. The highest BCUT2D eigenvalue weighted by Crippen LogP contribution is 2.39. The van der Waals surface area contributed by atoms with Crippen molar-refractivity contribution in [2.45, 2.75) is 37.6 Å². The van der Waals surface area contributed by atoms with Gasteiger partial charge in [0, 0.05) is 24.6 Å². The molecule has 2 atom stereocenters. The van der Waals surface area contributed by atoms with E-state index >= 15 is 0 Å². The van der Waals surface area contributed by atoms with Crippen molar-refractivity contribution < 1.29 is 4.79 Å². The van der Waals surface area contributed by atoms with E-state index in [-0.39, 0.29) is 5.92 Å². The fraction of sp³-hybridized carbons (Fsp3) is 0.632. The van der Waals surface area contributed by atoms with Crippen LogP contribution in [0.4, 0.5) is 0 Å². The maximum atomic E-state index is 13.4. The van der Waals surface area contributed by atoms with Crippen LogP contribution in [0.3, 0.4) is 0 Å². The Morgan fingerprint density at radius 1 is 1.16 bits per heavy atom. The highest BCUT2D eigenvalue weighted by atomic mass is 35.5. The largest absolute Gasteiger partial charge is 0.336 e. The summed E-state index contributed by atoms with van der Waals surface area (Å²) in [6.07, 6.45) is 4.39. The van der Waals surface area contributed by atoms with Crippen LogP contribution in [0, 0.1) is 0 Å². The molecule has 25 heavy (non-hydrogen) atoms. The van der Waals surface area contributed by atoms with Crippen LogP contribution in [0.15, 0.2) is 12.1 Å². The van der Waals surface area contributed by atoms with Crippen molar-refractivity contribution >= 4 is 40.9 Å². The summed E-state index contributed by atoms with van der Waals surface area (Å²) in [5, 5.41) is 1.15. The predicted octanol–water partition coefficient (Wildman–Crippen LogP) is 4.06. The number of halogens is 2. The molecule has 1 aromatic carbocycles. The number of carbonyl (C=O) groups excluding carboxylic acids is 1. The van der Waals surface area contributed by atoms with E-state index in [1.165, 1.54) is 31.5 Å². The third kappa shape index (κ3) is 3.69. The van der Waals surface area contributed by atoms with Gasteiger partial charge in [0.25, 0.3) is 0 Å². The van der Waals surface area contributed by atoms with Crippen molar-refractivity contribution in [1.29, 1.82) is 0 Å². The smallest absolute Gasteiger partial charge is 0.230 e. The monoisotopic (exact) mass is 398 g/mol. The van der Waals surface area contributed by atoms with E-state index in [0.717, 1.165) is 43.0 Å². The maximum absolute atomic E-state index is 13.4. The minimum absolute atomic E-state index is 0.0473. The molecule has 2 saturated heterocycles. The van der Waals surface area contributed by atoms with Crippen LogP contribution in [-0.4, -0.2) is 59.4 Å². The van der Waals surface area contributed by atoms with E-state index in [2.05, 4.69) is 9.80 Å². The van der Waals surface area contributed by atoms with E-state index in [1.54, 1.807) is 0 Å². The molecule has 2 fully saturated rings. The lowest BCUT2D eigenvalue weighted by Gasteiger charge is -2.39. The Morgan fingerprint density at radius 3 is 2.72 bits per heavy atom. The van der Waals surface area contributed by atoms with Gasteiger partial charge < -0.3 is 9.80 Å². The molecule has 1 aliphatic carbocycles. The SMILES string of the molecule is O=C([C@@H]1CCc2cc(Cl)c(Cl)cc21)N1CCSC[C@H]1CN1CCCC1. The average molecular weight is 399 g/mol. The quantitative estimate of drug-likeness (QED) is 0.766. The molecule has 0 unspecified atom stereocenters. The summed E-state index contributed by atoms with van der Waals surface area (Å²) in [7, 11) is 0. The van der Waals surface area contributed by atoms with Crippen LogP contribution in [0.25, 0.3) is 0 Å². The zero-order valence-electron chi connectivity index (χ0n) is 14.3. The van der Waals surface area contributed by atoms with Crippen molar-refractivity contribution in [2.75, 3.05) is 37.7 Å². The molecule has 136 valence electrons. The highest BCUT2D eigenvalue weighted by molar-refractivity contribution is 7.99. The molecule has 4 rings (SSSR count). The van der Waals surface area contributed by atoms with E-state index in [4.69, 9.17) is 23.2 Å². The summed E-state index contributed by atoms with van der Waals surface area (Å²) in [6, 6.07) is 4.21. The third-order valence-corrected chi connectivity index (χ3v) is 7.55. The van der Waals surface area contributed by atoms with Crippen molar-refractivity contribution in [3.8, 4) is 0 Å². The minimum Gasteiger partial charge on any atom is -0.336 e. The second-order valence-corrected chi connectivity index (χ2v) is 9.29. The van der Waals surface area contributed by atoms with Gasteiger partial charge in [-0.15, -0.1) is 0 Å². The van der Waals surface area contributed by atoms with Crippen LogP contribution >= 0.6 is 35.0 Å².